The molecule has 94 valence electrons. The normalized spacial score (nSPS) is 11.4. The standard InChI is InChI=1S/C10H7BrF3IO2/c11-5-7(16)3-6-1-2-9(8(15)4-6)17-10(12,13)14/h1-2,4H,3,5H2. The zero-order valence-electron chi connectivity index (χ0n) is 8.35. The van der Waals surface area contributed by atoms with Crippen LogP contribution in [-0.2, 0) is 11.2 Å². The molecule has 1 rings (SSSR count). The maximum Gasteiger partial charge on any atom is 0.573 e. The molecule has 2 nitrogen and oxygen atoms in total. The highest BCUT2D eigenvalue weighted by molar-refractivity contribution is 14.1. The lowest BCUT2D eigenvalue weighted by Gasteiger charge is -2.11. The predicted molar refractivity (Wildman–Crippen MR) is 68.3 cm³/mol. The minimum Gasteiger partial charge on any atom is -0.405 e. The molecular weight excluding hydrogens is 416 g/mol. The Morgan fingerprint density at radius 3 is 2.53 bits per heavy atom. The monoisotopic (exact) mass is 422 g/mol. The SMILES string of the molecule is O=C(CBr)Cc1ccc(OC(F)(F)F)c(I)c1. The van der Waals surface area contributed by atoms with Crippen LogP contribution in [0.15, 0.2) is 18.2 Å². The highest BCUT2D eigenvalue weighted by atomic mass is 127. The van der Waals surface area contributed by atoms with E-state index in [1.54, 1.807) is 22.6 Å². The van der Waals surface area contributed by atoms with E-state index >= 15 is 0 Å². The summed E-state index contributed by atoms with van der Waals surface area (Å²) in [4.78, 5) is 11.1. The smallest absolute Gasteiger partial charge is 0.405 e. The van der Waals surface area contributed by atoms with E-state index in [9.17, 15) is 18.0 Å². The van der Waals surface area contributed by atoms with Crippen molar-refractivity contribution in [1.29, 1.82) is 0 Å². The van der Waals surface area contributed by atoms with E-state index in [0.717, 1.165) is 0 Å². The van der Waals surface area contributed by atoms with Gasteiger partial charge >= 0.3 is 6.36 Å². The van der Waals surface area contributed by atoms with Crippen LogP contribution in [0, 0.1) is 3.57 Å². The second kappa shape index (κ2) is 6.03. The van der Waals surface area contributed by atoms with Crippen LogP contribution in [0.1, 0.15) is 5.56 Å². The van der Waals surface area contributed by atoms with Crippen LogP contribution in [-0.4, -0.2) is 17.5 Å². The van der Waals surface area contributed by atoms with Gasteiger partial charge in [-0.25, -0.2) is 0 Å². The van der Waals surface area contributed by atoms with E-state index in [4.69, 9.17) is 0 Å². The van der Waals surface area contributed by atoms with Gasteiger partial charge in [-0.05, 0) is 40.3 Å². The first-order chi connectivity index (χ1) is 7.81. The molecule has 0 aliphatic heterocycles. The number of halogens is 5. The van der Waals surface area contributed by atoms with Crippen molar-refractivity contribution < 1.29 is 22.7 Å². The fourth-order valence-corrected chi connectivity index (χ4v) is 2.02. The third-order valence-electron chi connectivity index (χ3n) is 1.77. The molecule has 0 saturated heterocycles. The fraction of sp³-hybridized carbons (Fsp3) is 0.300. The molecule has 17 heavy (non-hydrogen) atoms. The zero-order chi connectivity index (χ0) is 13.1. The number of ether oxygens (including phenoxy) is 1. The van der Waals surface area contributed by atoms with Gasteiger partial charge in [-0.1, -0.05) is 22.0 Å². The number of hydrogen-bond donors (Lipinski definition) is 0. The molecule has 0 bridgehead atoms. The summed E-state index contributed by atoms with van der Waals surface area (Å²) in [5, 5.41) is 0.227. The Labute approximate surface area is 118 Å². The molecule has 7 heteroatoms. The fourth-order valence-electron chi connectivity index (χ4n) is 1.14. The van der Waals surface area contributed by atoms with E-state index in [1.165, 1.54) is 18.2 Å². The Morgan fingerprint density at radius 1 is 1.41 bits per heavy atom. The van der Waals surface area contributed by atoms with E-state index in [2.05, 4.69) is 20.7 Å². The Hall–Kier alpha value is -0.310. The minimum atomic E-state index is -4.70. The number of alkyl halides is 4. The number of carbonyl (C=O) groups is 1. The Bertz CT molecular complexity index is 421. The van der Waals surface area contributed by atoms with Crippen molar-refractivity contribution >= 4 is 44.3 Å². The molecule has 0 N–H and O–H groups in total. The van der Waals surface area contributed by atoms with Gasteiger partial charge in [0.1, 0.15) is 11.5 Å². The Morgan fingerprint density at radius 2 is 2.06 bits per heavy atom. The lowest BCUT2D eigenvalue weighted by atomic mass is 10.1. The van der Waals surface area contributed by atoms with Gasteiger partial charge in [0.15, 0.2) is 0 Å². The molecule has 0 saturated carbocycles. The Kier molecular flexibility index (Phi) is 5.23. The maximum absolute atomic E-state index is 12.0. The first kappa shape index (κ1) is 14.7. The summed E-state index contributed by atoms with van der Waals surface area (Å²) < 4.78 is 40.1. The summed E-state index contributed by atoms with van der Waals surface area (Å²) in [6.07, 6.45) is -4.51. The number of hydrogen-bond acceptors (Lipinski definition) is 2. The van der Waals surface area contributed by atoms with Crippen LogP contribution < -0.4 is 4.74 Å². The van der Waals surface area contributed by atoms with Gasteiger partial charge < -0.3 is 4.74 Å². The highest BCUT2D eigenvalue weighted by Crippen LogP contribution is 2.28. The molecular formula is C10H7BrF3IO2. The molecule has 0 aromatic heterocycles. The molecule has 0 heterocycles. The van der Waals surface area contributed by atoms with Crippen LogP contribution >= 0.6 is 38.5 Å². The van der Waals surface area contributed by atoms with Crippen molar-refractivity contribution in [3.8, 4) is 5.75 Å². The largest absolute Gasteiger partial charge is 0.573 e. The molecule has 0 aliphatic rings. The number of Topliss-reactive ketones (excluding diaryl/α,β-unsaturated/α-hetero) is 1. The summed E-state index contributed by atoms with van der Waals surface area (Å²) in [5.74, 6) is -0.293. The van der Waals surface area contributed by atoms with Crippen molar-refractivity contribution in [2.45, 2.75) is 12.8 Å². The number of benzene rings is 1. The summed E-state index contributed by atoms with van der Waals surface area (Å²) in [7, 11) is 0. The van der Waals surface area contributed by atoms with Crippen molar-refractivity contribution in [2.75, 3.05) is 5.33 Å². The van der Waals surface area contributed by atoms with Gasteiger partial charge in [-0.15, -0.1) is 13.2 Å². The summed E-state index contributed by atoms with van der Waals surface area (Å²) in [5.41, 5.74) is 0.661. The molecule has 0 aliphatic carbocycles. The maximum atomic E-state index is 12.0. The van der Waals surface area contributed by atoms with Gasteiger partial charge in [0.2, 0.25) is 0 Å². The van der Waals surface area contributed by atoms with E-state index in [0.29, 0.717) is 9.13 Å². The topological polar surface area (TPSA) is 26.3 Å². The first-order valence-electron chi connectivity index (χ1n) is 4.43. The van der Waals surface area contributed by atoms with Gasteiger partial charge in [-0.2, -0.15) is 0 Å². The van der Waals surface area contributed by atoms with Crippen LogP contribution in [0.3, 0.4) is 0 Å². The van der Waals surface area contributed by atoms with Gasteiger partial charge in [0.25, 0.3) is 0 Å². The van der Waals surface area contributed by atoms with Crippen LogP contribution in [0.25, 0.3) is 0 Å². The van der Waals surface area contributed by atoms with E-state index in [1.807, 2.05) is 0 Å². The third kappa shape index (κ3) is 5.24. The van der Waals surface area contributed by atoms with Crippen LogP contribution in [0.5, 0.6) is 5.75 Å². The third-order valence-corrected chi connectivity index (χ3v) is 3.24. The number of rotatable bonds is 4. The second-order valence-electron chi connectivity index (χ2n) is 3.16. The van der Waals surface area contributed by atoms with Crippen LogP contribution in [0.2, 0.25) is 0 Å². The van der Waals surface area contributed by atoms with Crippen molar-refractivity contribution in [3.05, 3.63) is 27.3 Å². The van der Waals surface area contributed by atoms with E-state index < -0.39 is 6.36 Å². The average Bonchev–Trinajstić information content (AvgIpc) is 2.20. The molecule has 0 unspecified atom stereocenters. The predicted octanol–water partition coefficient (Wildman–Crippen LogP) is 3.70. The van der Waals surface area contributed by atoms with Crippen molar-refractivity contribution in [3.63, 3.8) is 0 Å². The van der Waals surface area contributed by atoms with Gasteiger partial charge in [0, 0.05) is 6.42 Å². The van der Waals surface area contributed by atoms with Gasteiger partial charge in [0.05, 0.1) is 8.90 Å². The molecule has 0 atom stereocenters. The van der Waals surface area contributed by atoms with E-state index in [-0.39, 0.29) is 23.3 Å². The summed E-state index contributed by atoms with van der Waals surface area (Å²) in [6.45, 7) is 0. The first-order valence-corrected chi connectivity index (χ1v) is 6.63. The summed E-state index contributed by atoms with van der Waals surface area (Å²) in [6, 6.07) is 4.16. The molecule has 0 fully saturated rings. The minimum absolute atomic E-state index is 0.0368. The molecule has 0 spiro atoms. The quantitative estimate of drug-likeness (QED) is 0.546. The van der Waals surface area contributed by atoms with Gasteiger partial charge in [-0.3, -0.25) is 4.79 Å². The second-order valence-corrected chi connectivity index (χ2v) is 4.88. The molecule has 0 amide bonds. The molecule has 0 radical (unpaired) electrons. The van der Waals surface area contributed by atoms with Crippen LogP contribution in [0.4, 0.5) is 13.2 Å². The highest BCUT2D eigenvalue weighted by Gasteiger charge is 2.31. The van der Waals surface area contributed by atoms with Crippen molar-refractivity contribution in [2.24, 2.45) is 0 Å². The molecule has 1 aromatic rings. The zero-order valence-corrected chi connectivity index (χ0v) is 12.1. The lowest BCUT2D eigenvalue weighted by Crippen LogP contribution is -2.18. The van der Waals surface area contributed by atoms with Crippen molar-refractivity contribution in [1.82, 2.24) is 0 Å². The average molecular weight is 423 g/mol. The number of ketones is 1. The number of carbonyl (C=O) groups excluding carboxylic acids is 1. The molecule has 1 aromatic carbocycles. The summed E-state index contributed by atoms with van der Waals surface area (Å²) >= 11 is 4.76. The Balaban J connectivity index is 2.83. The lowest BCUT2D eigenvalue weighted by molar-refractivity contribution is -0.275.